The highest BCUT2D eigenvalue weighted by Crippen LogP contribution is 2.45. The van der Waals surface area contributed by atoms with Gasteiger partial charge in [-0.05, 0) is 43.4 Å². The fraction of sp³-hybridized carbons (Fsp3) is 0.946. The van der Waals surface area contributed by atoms with Crippen LogP contribution in [-0.2, 0) is 65.4 Å². The summed E-state index contributed by atoms with van der Waals surface area (Å²) in [6.45, 7) is 11.7. The van der Waals surface area contributed by atoms with E-state index in [0.717, 1.165) is 102 Å². The number of aliphatic hydroxyl groups excluding tert-OH is 1. The van der Waals surface area contributed by atoms with Crippen molar-refractivity contribution in [3.05, 3.63) is 0 Å². The van der Waals surface area contributed by atoms with Crippen LogP contribution < -0.4 is 0 Å². The lowest BCUT2D eigenvalue weighted by molar-refractivity contribution is -0.161. The molecule has 17 nitrogen and oxygen atoms in total. The van der Waals surface area contributed by atoms with Crippen molar-refractivity contribution in [1.82, 2.24) is 0 Å². The largest absolute Gasteiger partial charge is 0.472 e. The number of phosphoric ester groups is 2. The first kappa shape index (κ1) is 91.1. The second-order valence-electron chi connectivity index (χ2n) is 28.1. The Bertz CT molecular complexity index is 1820. The maximum atomic E-state index is 13.1. The van der Waals surface area contributed by atoms with Crippen LogP contribution in [0.1, 0.15) is 376 Å². The zero-order chi connectivity index (χ0) is 68.7. The molecule has 3 N–H and O–H groups in total. The van der Waals surface area contributed by atoms with E-state index in [1.807, 2.05) is 0 Å². The molecule has 0 fully saturated rings. The van der Waals surface area contributed by atoms with Gasteiger partial charge in [0.2, 0.25) is 0 Å². The quantitative estimate of drug-likeness (QED) is 0.0222. The molecule has 0 aromatic carbocycles. The fourth-order valence-corrected chi connectivity index (χ4v) is 12.8. The molecule has 0 rings (SSSR count). The van der Waals surface area contributed by atoms with E-state index in [9.17, 15) is 43.2 Å². The van der Waals surface area contributed by atoms with E-state index in [2.05, 4.69) is 48.5 Å². The molecule has 0 aliphatic carbocycles. The molecule has 0 bridgehead atoms. The molecule has 93 heavy (non-hydrogen) atoms. The molecular formula is C74H144O17P2. The van der Waals surface area contributed by atoms with Crippen LogP contribution in [0.4, 0.5) is 0 Å². The van der Waals surface area contributed by atoms with Gasteiger partial charge in [-0.15, -0.1) is 0 Å². The van der Waals surface area contributed by atoms with Crippen molar-refractivity contribution in [2.45, 2.75) is 394 Å². The third kappa shape index (κ3) is 68.4. The van der Waals surface area contributed by atoms with Crippen LogP contribution in [0.15, 0.2) is 0 Å². The number of carbonyl (C=O) groups excluding carboxylic acids is 4. The van der Waals surface area contributed by atoms with Gasteiger partial charge in [-0.1, -0.05) is 325 Å². The SMILES string of the molecule is CCCCCCCCCCCCCCCCCCCCCCC(=O)O[C@H](COC(=O)CCCCCCCCCCCCCC(C)C)COP(=O)(O)OC[C@@H](O)COP(=O)(O)OC[C@@H](COC(=O)CCCCCCCCC(C)C)OC(=O)CCCCCCCCCC(C)C. The highest BCUT2D eigenvalue weighted by molar-refractivity contribution is 7.47. The topological polar surface area (TPSA) is 237 Å². The zero-order valence-corrected chi connectivity index (χ0v) is 62.5. The van der Waals surface area contributed by atoms with E-state index in [-0.39, 0.29) is 25.7 Å². The van der Waals surface area contributed by atoms with Crippen molar-refractivity contribution in [3.8, 4) is 0 Å². The minimum absolute atomic E-state index is 0.102. The molecule has 0 aliphatic heterocycles. The summed E-state index contributed by atoms with van der Waals surface area (Å²) < 4.78 is 68.4. The summed E-state index contributed by atoms with van der Waals surface area (Å²) in [5.41, 5.74) is 0. The van der Waals surface area contributed by atoms with Gasteiger partial charge in [0.25, 0.3) is 0 Å². The van der Waals surface area contributed by atoms with Crippen molar-refractivity contribution < 1.29 is 80.2 Å². The van der Waals surface area contributed by atoms with Crippen molar-refractivity contribution in [2.75, 3.05) is 39.6 Å². The molecule has 0 spiro atoms. The second-order valence-corrected chi connectivity index (χ2v) is 31.0. The molecule has 0 aliphatic rings. The van der Waals surface area contributed by atoms with Crippen LogP contribution in [0.5, 0.6) is 0 Å². The lowest BCUT2D eigenvalue weighted by Crippen LogP contribution is -2.30. The smallest absolute Gasteiger partial charge is 0.462 e. The summed E-state index contributed by atoms with van der Waals surface area (Å²) in [6, 6.07) is 0. The molecule has 2 unspecified atom stereocenters. The third-order valence-corrected chi connectivity index (χ3v) is 19.0. The van der Waals surface area contributed by atoms with Crippen LogP contribution >= 0.6 is 15.6 Å². The molecule has 0 aromatic rings. The van der Waals surface area contributed by atoms with Crippen LogP contribution in [0.25, 0.3) is 0 Å². The van der Waals surface area contributed by atoms with E-state index in [4.69, 9.17) is 37.0 Å². The lowest BCUT2D eigenvalue weighted by atomic mass is 10.0. The molecule has 5 atom stereocenters. The summed E-state index contributed by atoms with van der Waals surface area (Å²) in [6.07, 6.45) is 50.4. The monoisotopic (exact) mass is 1370 g/mol. The van der Waals surface area contributed by atoms with E-state index in [1.165, 1.54) is 180 Å². The molecule has 552 valence electrons. The van der Waals surface area contributed by atoms with Crippen molar-refractivity contribution in [2.24, 2.45) is 17.8 Å². The highest BCUT2D eigenvalue weighted by atomic mass is 31.2. The summed E-state index contributed by atoms with van der Waals surface area (Å²) >= 11 is 0. The Morgan fingerprint density at radius 3 is 0.731 bits per heavy atom. The van der Waals surface area contributed by atoms with E-state index < -0.39 is 97.5 Å². The van der Waals surface area contributed by atoms with Gasteiger partial charge in [0, 0.05) is 25.7 Å². The number of unbranched alkanes of at least 4 members (excludes halogenated alkanes) is 40. The molecule has 0 saturated carbocycles. The zero-order valence-electron chi connectivity index (χ0n) is 60.7. The molecular weight excluding hydrogens is 1220 g/mol. The van der Waals surface area contributed by atoms with Gasteiger partial charge >= 0.3 is 39.5 Å². The Labute approximate surface area is 568 Å². The fourth-order valence-electron chi connectivity index (χ4n) is 11.2. The molecule has 0 aromatic heterocycles. The van der Waals surface area contributed by atoms with Gasteiger partial charge in [-0.2, -0.15) is 0 Å². The van der Waals surface area contributed by atoms with Crippen LogP contribution in [0, 0.1) is 17.8 Å². The number of phosphoric acid groups is 2. The average molecular weight is 1370 g/mol. The molecule has 0 radical (unpaired) electrons. The Morgan fingerprint density at radius 1 is 0.290 bits per heavy atom. The average Bonchev–Trinajstić information content (AvgIpc) is 2.32. The Kier molecular flexibility index (Phi) is 63.4. The van der Waals surface area contributed by atoms with Gasteiger partial charge in [0.15, 0.2) is 12.2 Å². The van der Waals surface area contributed by atoms with Crippen molar-refractivity contribution in [1.29, 1.82) is 0 Å². The first-order valence-electron chi connectivity index (χ1n) is 38.3. The minimum Gasteiger partial charge on any atom is -0.462 e. The molecule has 19 heteroatoms. The Hall–Kier alpha value is -1.94. The Balaban J connectivity index is 5.20. The Morgan fingerprint density at radius 2 is 0.495 bits per heavy atom. The van der Waals surface area contributed by atoms with Crippen LogP contribution in [0.2, 0.25) is 0 Å². The van der Waals surface area contributed by atoms with Crippen LogP contribution in [0.3, 0.4) is 0 Å². The maximum Gasteiger partial charge on any atom is 0.472 e. The number of hydrogen-bond acceptors (Lipinski definition) is 15. The molecule has 0 heterocycles. The number of hydrogen-bond donors (Lipinski definition) is 3. The normalized spacial score (nSPS) is 14.1. The highest BCUT2D eigenvalue weighted by Gasteiger charge is 2.30. The summed E-state index contributed by atoms with van der Waals surface area (Å²) in [5.74, 6) is 0.0199. The van der Waals surface area contributed by atoms with Gasteiger partial charge in [-0.3, -0.25) is 37.3 Å². The van der Waals surface area contributed by atoms with Crippen LogP contribution in [-0.4, -0.2) is 96.7 Å². The minimum atomic E-state index is -4.96. The van der Waals surface area contributed by atoms with E-state index >= 15 is 0 Å². The summed E-state index contributed by atoms with van der Waals surface area (Å²) in [7, 11) is -9.91. The lowest BCUT2D eigenvalue weighted by Gasteiger charge is -2.21. The predicted octanol–water partition coefficient (Wildman–Crippen LogP) is 21.4. The predicted molar refractivity (Wildman–Crippen MR) is 377 cm³/mol. The van der Waals surface area contributed by atoms with Gasteiger partial charge < -0.3 is 33.8 Å². The number of rotatable bonds is 72. The maximum absolute atomic E-state index is 13.1. The first-order valence-corrected chi connectivity index (χ1v) is 41.3. The summed E-state index contributed by atoms with van der Waals surface area (Å²) in [4.78, 5) is 72.6. The number of carbonyl (C=O) groups is 4. The second kappa shape index (κ2) is 64.7. The van der Waals surface area contributed by atoms with Gasteiger partial charge in [0.05, 0.1) is 26.4 Å². The van der Waals surface area contributed by atoms with E-state index in [1.54, 1.807) is 0 Å². The number of esters is 4. The van der Waals surface area contributed by atoms with Gasteiger partial charge in [0.1, 0.15) is 19.3 Å². The van der Waals surface area contributed by atoms with Crippen molar-refractivity contribution >= 4 is 39.5 Å². The standard InChI is InChI=1S/C74H144O17P2/c1-8-9-10-11-12-13-14-15-16-17-18-19-20-21-22-25-29-34-43-50-57-73(78)90-69(61-84-71(76)55-48-41-33-28-26-23-24-27-31-38-45-52-65(2)3)63-88-92(80,81)86-59-68(75)60-87-93(82,83)89-64-70(62-85-72(77)56-49-42-37-36-40-47-54-67(6)7)91-74(79)58-51-44-35-30-32-39-46-53-66(4)5/h65-70,75H,8-64H2,1-7H3,(H,80,81)(H,82,83)/t68-,69-,70-/m1/s1. The third-order valence-electron chi connectivity index (χ3n) is 17.1. The molecule has 0 saturated heterocycles. The summed E-state index contributed by atoms with van der Waals surface area (Å²) in [5, 5.41) is 10.6. The number of aliphatic hydroxyl groups is 1. The van der Waals surface area contributed by atoms with E-state index in [0.29, 0.717) is 37.5 Å². The number of ether oxygens (including phenoxy) is 4. The van der Waals surface area contributed by atoms with Crippen molar-refractivity contribution in [3.63, 3.8) is 0 Å². The first-order chi connectivity index (χ1) is 44.7. The van der Waals surface area contributed by atoms with Gasteiger partial charge in [-0.25, -0.2) is 9.13 Å². The molecule has 0 amide bonds.